The Morgan fingerprint density at radius 1 is 0.688 bits per heavy atom. The zero-order valence-corrected chi connectivity index (χ0v) is 33.7. The predicted octanol–water partition coefficient (Wildman–Crippen LogP) is 7.69. The first kappa shape index (κ1) is 39.8. The second-order valence-corrected chi connectivity index (χ2v) is 26.4. The van der Waals surface area contributed by atoms with Crippen LogP contribution in [0.1, 0.15) is 80.7 Å². The lowest BCUT2D eigenvalue weighted by molar-refractivity contribution is -0.320. The first-order chi connectivity index (χ1) is 22.2. The zero-order chi connectivity index (χ0) is 35.7. The van der Waals surface area contributed by atoms with Gasteiger partial charge >= 0.3 is 0 Å². The van der Waals surface area contributed by atoms with Crippen molar-refractivity contribution in [2.24, 2.45) is 0 Å². The number of ether oxygens (including phenoxy) is 6. The molecule has 274 valence electrons. The second kappa shape index (κ2) is 15.7. The summed E-state index contributed by atoms with van der Waals surface area (Å²) in [4.78, 5) is 0. The molecule has 0 saturated carbocycles. The summed E-state index contributed by atoms with van der Waals surface area (Å²) in [5, 5.41) is 10.2. The number of hydrogen-bond donors (Lipinski definition) is 1. The predicted molar refractivity (Wildman–Crippen MR) is 193 cm³/mol. The van der Waals surface area contributed by atoms with E-state index in [0.717, 1.165) is 5.56 Å². The maximum absolute atomic E-state index is 10.2. The van der Waals surface area contributed by atoms with E-state index in [0.29, 0.717) is 19.4 Å². The monoisotopic (exact) mass is 708 g/mol. The lowest BCUT2D eigenvalue weighted by Gasteiger charge is -2.49. The van der Waals surface area contributed by atoms with Crippen LogP contribution in [-0.2, 0) is 43.9 Å². The number of rotatable bonds is 11. The van der Waals surface area contributed by atoms with Crippen LogP contribution in [0.4, 0.5) is 0 Å². The average molecular weight is 709 g/mol. The molecule has 11 heteroatoms. The topological polar surface area (TPSA) is 94.1 Å². The molecule has 0 radical (unpaired) electrons. The Morgan fingerprint density at radius 3 is 1.85 bits per heavy atom. The molecular weight excluding hydrogens is 645 g/mol. The highest BCUT2D eigenvalue weighted by molar-refractivity contribution is 6.74. The quantitative estimate of drug-likeness (QED) is 0.184. The molecule has 1 N–H and O–H groups in total. The fourth-order valence-corrected chi connectivity index (χ4v) is 8.49. The van der Waals surface area contributed by atoms with Crippen LogP contribution in [-0.4, -0.2) is 89.4 Å². The number of aliphatic hydroxyl groups is 1. The third-order valence-corrected chi connectivity index (χ3v) is 19.9. The average Bonchev–Trinajstić information content (AvgIpc) is 2.96. The van der Waals surface area contributed by atoms with Crippen LogP contribution in [0.2, 0.25) is 36.3 Å². The molecule has 0 amide bonds. The molecule has 48 heavy (non-hydrogen) atoms. The minimum atomic E-state index is -2.19. The Labute approximate surface area is 292 Å². The third kappa shape index (κ3) is 10.1. The molecule has 0 aliphatic carbocycles. The first-order valence-corrected chi connectivity index (χ1v) is 23.6. The van der Waals surface area contributed by atoms with Crippen LogP contribution in [0.3, 0.4) is 0 Å². The first-order valence-electron chi connectivity index (χ1n) is 17.8. The van der Waals surface area contributed by atoms with E-state index in [1.807, 2.05) is 39.0 Å². The van der Waals surface area contributed by atoms with Gasteiger partial charge in [0, 0.05) is 12.8 Å². The molecular formula is C37H64O9Si2. The fraction of sp³-hybridized carbons (Fsp3) is 0.784. The van der Waals surface area contributed by atoms with Crippen molar-refractivity contribution >= 4 is 16.6 Å². The SMILES string of the molecule is C[C@@H]1O[C@@H](O[C@@H]2C[C@H](O[C@@H]3[C@@H](C)O[C@@H](OCc4ccccc4)C[C@H]3O[Si](C)(C)C(C)(C)C)O[C@H](C)[C@H]2O[Si](C)(C)C(C)(C)C)C=C[C@H]1O. The van der Waals surface area contributed by atoms with Crippen molar-refractivity contribution in [3.8, 4) is 0 Å². The molecule has 0 bridgehead atoms. The molecule has 1 aromatic carbocycles. The molecule has 3 heterocycles. The highest BCUT2D eigenvalue weighted by Gasteiger charge is 2.50. The lowest BCUT2D eigenvalue weighted by Crippen LogP contribution is -2.59. The summed E-state index contributed by atoms with van der Waals surface area (Å²) in [6, 6.07) is 10.1. The smallest absolute Gasteiger partial charge is 0.192 e. The van der Waals surface area contributed by atoms with Gasteiger partial charge in [0.1, 0.15) is 6.10 Å². The van der Waals surface area contributed by atoms with E-state index < -0.39 is 41.6 Å². The van der Waals surface area contributed by atoms with Gasteiger partial charge in [-0.2, -0.15) is 0 Å². The summed E-state index contributed by atoms with van der Waals surface area (Å²) in [5.41, 5.74) is 1.10. The van der Waals surface area contributed by atoms with Crippen molar-refractivity contribution in [3.63, 3.8) is 0 Å². The maximum Gasteiger partial charge on any atom is 0.192 e. The molecule has 0 spiro atoms. The number of benzene rings is 1. The van der Waals surface area contributed by atoms with Gasteiger partial charge in [-0.05, 0) is 68.7 Å². The van der Waals surface area contributed by atoms with Crippen LogP contribution in [0.25, 0.3) is 0 Å². The molecule has 0 unspecified atom stereocenters. The summed E-state index contributed by atoms with van der Waals surface area (Å²) in [5.74, 6) is 0. The Balaban J connectivity index is 1.55. The van der Waals surface area contributed by atoms with Crippen molar-refractivity contribution in [2.75, 3.05) is 0 Å². The highest BCUT2D eigenvalue weighted by Crippen LogP contribution is 2.42. The summed E-state index contributed by atoms with van der Waals surface area (Å²) >= 11 is 0. The Hall–Kier alpha value is -0.966. The summed E-state index contributed by atoms with van der Waals surface area (Å²) < 4.78 is 52.9. The zero-order valence-electron chi connectivity index (χ0n) is 31.7. The Bertz CT molecular complexity index is 1180. The molecule has 2 fully saturated rings. The van der Waals surface area contributed by atoms with Crippen LogP contribution in [0.5, 0.6) is 0 Å². The molecule has 3 aliphatic heterocycles. The largest absolute Gasteiger partial charge is 0.411 e. The standard InChI is InChI=1S/C37H64O9Si2/c1-24-28(38)19-20-31(40-24)43-29-21-33(42-26(3)35(29)46-48(12,13)37(7,8)9)44-34-25(2)41-32(39-23-27-17-15-14-16-18-27)22-30(34)45-47(10,11)36(4,5)6/h14-20,24-26,28-35,38H,21-23H2,1-13H3/t24-,25+,26+,28+,29+,30+,31-,32+,33-,34+,35+/m0/s1. The van der Waals surface area contributed by atoms with Crippen molar-refractivity contribution in [2.45, 2.75) is 186 Å². The Kier molecular flexibility index (Phi) is 13.0. The molecule has 2 saturated heterocycles. The molecule has 4 rings (SSSR count). The molecule has 0 aromatic heterocycles. The van der Waals surface area contributed by atoms with Crippen molar-refractivity contribution < 1.29 is 42.4 Å². The van der Waals surface area contributed by atoms with Gasteiger partial charge in [-0.1, -0.05) is 78.0 Å². The van der Waals surface area contributed by atoms with Crippen molar-refractivity contribution in [3.05, 3.63) is 48.0 Å². The van der Waals surface area contributed by atoms with Gasteiger partial charge < -0.3 is 42.4 Å². The lowest BCUT2D eigenvalue weighted by atomic mass is 10.00. The third-order valence-electron chi connectivity index (χ3n) is 10.9. The van der Waals surface area contributed by atoms with Gasteiger partial charge in [-0.3, -0.25) is 0 Å². The maximum atomic E-state index is 10.2. The van der Waals surface area contributed by atoms with E-state index in [9.17, 15) is 5.11 Å². The summed E-state index contributed by atoms with van der Waals surface area (Å²) in [6.45, 7) is 28.8. The molecule has 11 atom stereocenters. The van der Waals surface area contributed by atoms with E-state index >= 15 is 0 Å². The van der Waals surface area contributed by atoms with E-state index in [1.165, 1.54) is 0 Å². The van der Waals surface area contributed by atoms with Crippen LogP contribution in [0, 0.1) is 0 Å². The van der Waals surface area contributed by atoms with Gasteiger partial charge in [0.2, 0.25) is 0 Å². The minimum Gasteiger partial charge on any atom is -0.411 e. The van der Waals surface area contributed by atoms with E-state index in [-0.39, 0.29) is 52.8 Å². The van der Waals surface area contributed by atoms with E-state index in [4.69, 9.17) is 37.3 Å². The molecule has 9 nitrogen and oxygen atoms in total. The highest BCUT2D eigenvalue weighted by atomic mass is 28.4. The number of hydrogen-bond acceptors (Lipinski definition) is 9. The second-order valence-electron chi connectivity index (χ2n) is 16.9. The summed E-state index contributed by atoms with van der Waals surface area (Å²) in [6.07, 6.45) is -0.0865. The van der Waals surface area contributed by atoms with Crippen molar-refractivity contribution in [1.82, 2.24) is 0 Å². The van der Waals surface area contributed by atoms with Gasteiger partial charge in [0.25, 0.3) is 0 Å². The van der Waals surface area contributed by atoms with Crippen LogP contribution < -0.4 is 0 Å². The fourth-order valence-electron chi connectivity index (χ4n) is 5.77. The van der Waals surface area contributed by atoms with E-state index in [2.05, 4.69) is 79.9 Å². The summed E-state index contributed by atoms with van der Waals surface area (Å²) in [7, 11) is -4.37. The Morgan fingerprint density at radius 2 is 1.25 bits per heavy atom. The van der Waals surface area contributed by atoms with Gasteiger partial charge in [-0.25, -0.2) is 0 Å². The van der Waals surface area contributed by atoms with Crippen LogP contribution >= 0.6 is 0 Å². The van der Waals surface area contributed by atoms with Crippen molar-refractivity contribution in [1.29, 1.82) is 0 Å². The van der Waals surface area contributed by atoms with Crippen LogP contribution in [0.15, 0.2) is 42.5 Å². The molecule has 1 aromatic rings. The van der Waals surface area contributed by atoms with Gasteiger partial charge in [0.15, 0.2) is 35.5 Å². The van der Waals surface area contributed by atoms with E-state index in [1.54, 1.807) is 12.2 Å². The van der Waals surface area contributed by atoms with Gasteiger partial charge in [-0.15, -0.1) is 0 Å². The molecule has 3 aliphatic rings. The normalized spacial score (nSPS) is 35.5. The van der Waals surface area contributed by atoms with Gasteiger partial charge in [0.05, 0.1) is 49.3 Å². The number of aliphatic hydroxyl groups excluding tert-OH is 1. The minimum absolute atomic E-state index is 0.00673.